The van der Waals surface area contributed by atoms with E-state index in [0.717, 1.165) is 6.07 Å². The summed E-state index contributed by atoms with van der Waals surface area (Å²) < 4.78 is 48.6. The Morgan fingerprint density at radius 1 is 1.21 bits per heavy atom. The summed E-state index contributed by atoms with van der Waals surface area (Å²) >= 11 is 0. The van der Waals surface area contributed by atoms with Crippen molar-refractivity contribution in [2.24, 2.45) is 7.05 Å². The molecule has 1 amide bonds. The molecule has 0 bridgehead atoms. The Labute approximate surface area is 216 Å². The van der Waals surface area contributed by atoms with Gasteiger partial charge in [-0.15, -0.1) is 0 Å². The topological polar surface area (TPSA) is 109 Å². The summed E-state index contributed by atoms with van der Waals surface area (Å²) in [5.41, 5.74) is -1.27. The smallest absolute Gasteiger partial charge is 0.419 e. The summed E-state index contributed by atoms with van der Waals surface area (Å²) in [7, 11) is 1.51. The van der Waals surface area contributed by atoms with Crippen molar-refractivity contribution in [1.29, 1.82) is 0 Å². The fraction of sp³-hybridized carbons (Fsp3) is 0.296. The third-order valence-electron chi connectivity index (χ3n) is 6.11. The molecule has 0 unspecified atom stereocenters. The van der Waals surface area contributed by atoms with E-state index < -0.39 is 34.6 Å². The van der Waals surface area contributed by atoms with Crippen LogP contribution in [0.3, 0.4) is 0 Å². The summed E-state index contributed by atoms with van der Waals surface area (Å²) in [6, 6.07) is 6.74. The standard InChI is InChI=1S/C27H27F3N4O4/c1-6-31-23(35)20-11-16-18(13-34(5)25(36)21(16)33-20)17-10-15(26(3,4)37)12-32-24(17)38-22-14(2)8-7-9-19(22)27(28,29)30/h7-13,33,37H,6H2,1-5H3,(H,31,35). The van der Waals surface area contributed by atoms with Gasteiger partial charge in [-0.05, 0) is 51.5 Å². The monoisotopic (exact) mass is 528 g/mol. The van der Waals surface area contributed by atoms with Gasteiger partial charge < -0.3 is 24.7 Å². The van der Waals surface area contributed by atoms with Crippen LogP contribution in [0.25, 0.3) is 22.0 Å². The highest BCUT2D eigenvalue weighted by Gasteiger charge is 2.35. The fourth-order valence-electron chi connectivity index (χ4n) is 4.10. The van der Waals surface area contributed by atoms with Crippen LogP contribution in [-0.4, -0.2) is 32.1 Å². The van der Waals surface area contributed by atoms with Gasteiger partial charge in [0.15, 0.2) is 0 Å². The number of aliphatic hydroxyl groups is 1. The van der Waals surface area contributed by atoms with Gasteiger partial charge >= 0.3 is 6.18 Å². The number of nitrogens with one attached hydrogen (secondary N) is 2. The molecule has 4 rings (SSSR count). The highest BCUT2D eigenvalue weighted by molar-refractivity contribution is 6.03. The minimum atomic E-state index is -4.68. The molecular weight excluding hydrogens is 501 g/mol. The highest BCUT2D eigenvalue weighted by Crippen LogP contribution is 2.43. The van der Waals surface area contributed by atoms with Crippen LogP contribution in [0.2, 0.25) is 0 Å². The summed E-state index contributed by atoms with van der Waals surface area (Å²) in [5, 5.41) is 13.6. The molecule has 0 aliphatic rings. The van der Waals surface area contributed by atoms with Crippen molar-refractivity contribution in [3.05, 3.63) is 75.5 Å². The van der Waals surface area contributed by atoms with Crippen LogP contribution in [0, 0.1) is 6.92 Å². The molecule has 11 heteroatoms. The minimum Gasteiger partial charge on any atom is -0.437 e. The molecule has 0 spiro atoms. The molecule has 1 aromatic carbocycles. The maximum Gasteiger partial charge on any atom is 0.419 e. The van der Waals surface area contributed by atoms with Crippen LogP contribution in [-0.2, 0) is 18.8 Å². The van der Waals surface area contributed by atoms with E-state index in [4.69, 9.17) is 4.74 Å². The average molecular weight is 529 g/mol. The molecule has 200 valence electrons. The number of hydrogen-bond acceptors (Lipinski definition) is 5. The number of pyridine rings is 2. The number of fused-ring (bicyclic) bond motifs is 1. The lowest BCUT2D eigenvalue weighted by Gasteiger charge is -2.21. The predicted octanol–water partition coefficient (Wildman–Crippen LogP) is 5.03. The SMILES string of the molecule is CCNC(=O)c1cc2c(-c3cc(C(C)(C)O)cnc3Oc3c(C)cccc3C(F)(F)F)cn(C)c(=O)c2[nH]1. The number of H-pyrrole nitrogens is 1. The molecule has 3 N–H and O–H groups in total. The van der Waals surface area contributed by atoms with Gasteiger partial charge in [-0.1, -0.05) is 12.1 Å². The number of para-hydroxylation sites is 1. The van der Waals surface area contributed by atoms with Crippen molar-refractivity contribution >= 4 is 16.8 Å². The Morgan fingerprint density at radius 2 is 1.92 bits per heavy atom. The number of alkyl halides is 3. The first kappa shape index (κ1) is 26.9. The lowest BCUT2D eigenvalue weighted by atomic mass is 9.96. The number of benzene rings is 1. The molecule has 0 atom stereocenters. The number of aromatic nitrogens is 3. The van der Waals surface area contributed by atoms with E-state index in [-0.39, 0.29) is 28.2 Å². The summed E-state index contributed by atoms with van der Waals surface area (Å²) in [5.74, 6) is -1.01. The predicted molar refractivity (Wildman–Crippen MR) is 136 cm³/mol. The molecule has 0 fully saturated rings. The largest absolute Gasteiger partial charge is 0.437 e. The van der Waals surface area contributed by atoms with Crippen LogP contribution in [0.5, 0.6) is 11.6 Å². The number of hydrogen-bond donors (Lipinski definition) is 3. The Balaban J connectivity index is 2.01. The van der Waals surface area contributed by atoms with E-state index in [1.807, 2.05) is 0 Å². The second-order valence-electron chi connectivity index (χ2n) is 9.48. The van der Waals surface area contributed by atoms with E-state index in [9.17, 15) is 27.9 Å². The molecule has 0 aliphatic heterocycles. The van der Waals surface area contributed by atoms with Gasteiger partial charge in [0.25, 0.3) is 11.5 Å². The van der Waals surface area contributed by atoms with Gasteiger partial charge in [-0.25, -0.2) is 4.98 Å². The third-order valence-corrected chi connectivity index (χ3v) is 6.11. The number of nitrogens with zero attached hydrogens (tertiary/aromatic N) is 2. The first-order valence-corrected chi connectivity index (χ1v) is 11.8. The van der Waals surface area contributed by atoms with Gasteiger partial charge in [0.1, 0.15) is 17.0 Å². The van der Waals surface area contributed by atoms with Crippen LogP contribution in [0.15, 0.2) is 47.5 Å². The van der Waals surface area contributed by atoms with Gasteiger partial charge in [-0.2, -0.15) is 13.2 Å². The maximum absolute atomic E-state index is 13.8. The zero-order chi connectivity index (χ0) is 28.0. The van der Waals surface area contributed by atoms with Crippen molar-refractivity contribution in [3.63, 3.8) is 0 Å². The molecule has 3 heterocycles. The first-order chi connectivity index (χ1) is 17.7. The van der Waals surface area contributed by atoms with Crippen LogP contribution in [0.1, 0.15) is 48.0 Å². The second-order valence-corrected chi connectivity index (χ2v) is 9.48. The van der Waals surface area contributed by atoms with Crippen LogP contribution in [0.4, 0.5) is 13.2 Å². The summed E-state index contributed by atoms with van der Waals surface area (Å²) in [6.45, 7) is 6.69. The second kappa shape index (κ2) is 9.64. The third kappa shape index (κ3) is 5.01. The Kier molecular flexibility index (Phi) is 6.83. The summed E-state index contributed by atoms with van der Waals surface area (Å²) in [6.07, 6.45) is -1.87. The molecule has 0 radical (unpaired) electrons. The molecular formula is C27H27F3N4O4. The number of aromatic amines is 1. The van der Waals surface area contributed by atoms with Gasteiger partial charge in [0.2, 0.25) is 5.88 Å². The summed E-state index contributed by atoms with van der Waals surface area (Å²) in [4.78, 5) is 32.5. The van der Waals surface area contributed by atoms with E-state index in [2.05, 4.69) is 15.3 Å². The van der Waals surface area contributed by atoms with Crippen molar-refractivity contribution in [2.75, 3.05) is 6.54 Å². The van der Waals surface area contributed by atoms with E-state index >= 15 is 0 Å². The fourth-order valence-corrected chi connectivity index (χ4v) is 4.10. The van der Waals surface area contributed by atoms with Crippen molar-refractivity contribution in [2.45, 2.75) is 39.5 Å². The Hall–Kier alpha value is -4.12. The van der Waals surface area contributed by atoms with Gasteiger partial charge in [0.05, 0.1) is 11.2 Å². The number of carbonyl (C=O) groups excluding carboxylic acids is 1. The quantitative estimate of drug-likeness (QED) is 0.326. The molecule has 0 saturated carbocycles. The Morgan fingerprint density at radius 3 is 2.55 bits per heavy atom. The zero-order valence-corrected chi connectivity index (χ0v) is 21.4. The van der Waals surface area contributed by atoms with Gasteiger partial charge in [-0.3, -0.25) is 9.59 Å². The lowest BCUT2D eigenvalue weighted by Crippen LogP contribution is -2.23. The van der Waals surface area contributed by atoms with E-state index in [1.54, 1.807) is 13.0 Å². The molecule has 4 aromatic rings. The van der Waals surface area contributed by atoms with Gasteiger partial charge in [0, 0.05) is 48.1 Å². The number of aryl methyl sites for hydroxylation is 2. The molecule has 0 saturated heterocycles. The maximum atomic E-state index is 13.8. The molecule has 8 nitrogen and oxygen atoms in total. The average Bonchev–Trinajstić information content (AvgIpc) is 3.28. The zero-order valence-electron chi connectivity index (χ0n) is 21.4. The molecule has 38 heavy (non-hydrogen) atoms. The normalized spacial score (nSPS) is 12.1. The number of carbonyl (C=O) groups is 1. The number of halogens is 3. The van der Waals surface area contributed by atoms with Crippen LogP contribution < -0.4 is 15.6 Å². The Bertz CT molecular complexity index is 1600. The van der Waals surface area contributed by atoms with Crippen LogP contribution >= 0.6 is 0 Å². The van der Waals surface area contributed by atoms with Crippen molar-refractivity contribution in [1.82, 2.24) is 19.9 Å². The molecule has 3 aromatic heterocycles. The number of ether oxygens (including phenoxy) is 1. The van der Waals surface area contributed by atoms with E-state index in [0.29, 0.717) is 23.1 Å². The number of amides is 1. The lowest BCUT2D eigenvalue weighted by molar-refractivity contribution is -0.138. The first-order valence-electron chi connectivity index (χ1n) is 11.8. The van der Waals surface area contributed by atoms with Crippen molar-refractivity contribution < 1.29 is 27.8 Å². The van der Waals surface area contributed by atoms with E-state index in [1.165, 1.54) is 63.0 Å². The number of rotatable bonds is 6. The molecule has 0 aliphatic carbocycles. The minimum absolute atomic E-state index is 0.123. The highest BCUT2D eigenvalue weighted by atomic mass is 19.4. The van der Waals surface area contributed by atoms with Crippen molar-refractivity contribution in [3.8, 4) is 22.8 Å².